The van der Waals surface area contributed by atoms with Crippen molar-refractivity contribution in [2.45, 2.75) is 0 Å². The van der Waals surface area contributed by atoms with Gasteiger partial charge in [0.2, 0.25) is 0 Å². The van der Waals surface area contributed by atoms with Gasteiger partial charge in [0, 0.05) is 75.2 Å². The lowest BCUT2D eigenvalue weighted by atomic mass is 9.89. The van der Waals surface area contributed by atoms with Crippen LogP contribution in [0.15, 0.2) is 255 Å². The Kier molecular flexibility index (Phi) is 8.97. The Labute approximate surface area is 445 Å². The van der Waals surface area contributed by atoms with Crippen molar-refractivity contribution in [3.63, 3.8) is 0 Å². The van der Waals surface area contributed by atoms with Crippen molar-refractivity contribution in [3.05, 3.63) is 255 Å². The first kappa shape index (κ1) is 42.4. The van der Waals surface area contributed by atoms with Crippen molar-refractivity contribution in [1.29, 1.82) is 0 Å². The minimum absolute atomic E-state index is 0.654. The molecule has 4 aromatic heterocycles. The molecular formula is C72H42N4S. The van der Waals surface area contributed by atoms with Crippen LogP contribution in [0.25, 0.3) is 163 Å². The third kappa shape index (κ3) is 6.20. The number of aromatic nitrogens is 4. The van der Waals surface area contributed by atoms with Gasteiger partial charge in [-0.05, 0) is 109 Å². The van der Waals surface area contributed by atoms with Crippen LogP contribution >= 0.6 is 11.3 Å². The maximum absolute atomic E-state index is 5.64. The monoisotopic (exact) mass is 994 g/mol. The molecule has 4 nitrogen and oxygen atoms in total. The van der Waals surface area contributed by atoms with Crippen LogP contribution in [0.4, 0.5) is 0 Å². The molecule has 0 N–H and O–H groups in total. The van der Waals surface area contributed by atoms with Crippen LogP contribution < -0.4 is 0 Å². The van der Waals surface area contributed by atoms with Gasteiger partial charge in [0.05, 0.1) is 33.5 Å². The van der Waals surface area contributed by atoms with E-state index in [1.165, 1.54) is 95.6 Å². The Hall–Kier alpha value is -9.94. The summed E-state index contributed by atoms with van der Waals surface area (Å²) in [6, 6.07) is 93.1. The van der Waals surface area contributed by atoms with E-state index in [-0.39, 0.29) is 0 Å². The first-order valence-corrected chi connectivity index (χ1v) is 27.1. The number of rotatable bonds is 5. The Morgan fingerprint density at radius 2 is 0.675 bits per heavy atom. The molecule has 0 saturated carbocycles. The molecule has 0 atom stereocenters. The predicted octanol–water partition coefficient (Wildman–Crippen LogP) is 19.8. The third-order valence-corrected chi connectivity index (χ3v) is 17.4. The van der Waals surface area contributed by atoms with Gasteiger partial charge in [-0.15, -0.1) is 11.3 Å². The van der Waals surface area contributed by atoms with E-state index in [4.69, 9.17) is 9.97 Å². The van der Waals surface area contributed by atoms with Crippen molar-refractivity contribution in [2.24, 2.45) is 0 Å². The number of fused-ring (bicyclic) bond motifs is 21. The minimum Gasteiger partial charge on any atom is -0.309 e. The molecule has 77 heavy (non-hydrogen) atoms. The zero-order valence-electron chi connectivity index (χ0n) is 41.4. The van der Waals surface area contributed by atoms with E-state index in [1.807, 2.05) is 11.3 Å². The molecule has 17 aromatic rings. The van der Waals surface area contributed by atoms with Gasteiger partial charge in [0.1, 0.15) is 0 Å². The van der Waals surface area contributed by atoms with Gasteiger partial charge in [0.15, 0.2) is 5.82 Å². The summed E-state index contributed by atoms with van der Waals surface area (Å²) in [6.07, 6.45) is 0. The van der Waals surface area contributed by atoms with Crippen LogP contribution in [0.5, 0.6) is 0 Å². The van der Waals surface area contributed by atoms with Crippen molar-refractivity contribution in [3.8, 4) is 45.3 Å². The van der Waals surface area contributed by atoms with E-state index in [1.54, 1.807) is 0 Å². The lowest BCUT2D eigenvalue weighted by Gasteiger charge is -2.16. The zero-order chi connectivity index (χ0) is 50.3. The van der Waals surface area contributed by atoms with E-state index >= 15 is 0 Å². The van der Waals surface area contributed by atoms with E-state index in [0.717, 1.165) is 61.5 Å². The predicted molar refractivity (Wildman–Crippen MR) is 327 cm³/mol. The highest BCUT2D eigenvalue weighted by atomic mass is 32.1. The summed E-state index contributed by atoms with van der Waals surface area (Å²) >= 11 is 1.92. The number of hydrogen-bond donors (Lipinski definition) is 0. The Morgan fingerprint density at radius 3 is 1.25 bits per heavy atom. The summed E-state index contributed by atoms with van der Waals surface area (Å²) in [5.74, 6) is 0.654. The van der Waals surface area contributed by atoms with Gasteiger partial charge in [0.25, 0.3) is 0 Å². The molecule has 13 aromatic carbocycles. The van der Waals surface area contributed by atoms with Crippen molar-refractivity contribution in [1.82, 2.24) is 19.1 Å². The number of nitrogens with zero attached hydrogens (tertiary/aromatic N) is 4. The zero-order valence-corrected chi connectivity index (χ0v) is 42.3. The fourth-order valence-corrected chi connectivity index (χ4v) is 14.2. The largest absolute Gasteiger partial charge is 0.309 e. The van der Waals surface area contributed by atoms with Crippen LogP contribution in [0.3, 0.4) is 0 Å². The van der Waals surface area contributed by atoms with Gasteiger partial charge in [-0.1, -0.05) is 194 Å². The summed E-state index contributed by atoms with van der Waals surface area (Å²) in [6.45, 7) is 0. The first-order chi connectivity index (χ1) is 38.2. The second-order valence-corrected chi connectivity index (χ2v) is 21.4. The van der Waals surface area contributed by atoms with Crippen molar-refractivity contribution in [2.75, 3.05) is 0 Å². The number of benzene rings is 13. The summed E-state index contributed by atoms with van der Waals surface area (Å²) in [5, 5.41) is 20.2. The van der Waals surface area contributed by atoms with Gasteiger partial charge in [-0.3, -0.25) is 0 Å². The maximum atomic E-state index is 5.64. The summed E-state index contributed by atoms with van der Waals surface area (Å²) in [7, 11) is 0. The number of para-hydroxylation sites is 4. The standard InChI is InChI=1S/C72H42N4S/c1-2-18-43(19-3-1)61-42-62(44-34-35-51-58-36-37-67-70(68(58)56-27-7-5-22-50(56)60(51)40-44)69-57-28-8-4-20-48(57)49-21-6-9-29-59(49)71(69)77-67)74-72(73-61)45-38-46(75-63-30-14-10-23-52(63)53-24-11-15-31-64(53)75)41-47(39-45)76-65-32-16-12-25-54(65)55-26-13-17-33-66(55)76/h1-42H. The molecule has 0 saturated heterocycles. The molecule has 0 bridgehead atoms. The van der Waals surface area contributed by atoms with E-state index in [2.05, 4.69) is 264 Å². The van der Waals surface area contributed by atoms with E-state index in [0.29, 0.717) is 5.82 Å². The van der Waals surface area contributed by atoms with Crippen LogP contribution in [0.1, 0.15) is 0 Å². The highest BCUT2D eigenvalue weighted by Crippen LogP contribution is 2.49. The van der Waals surface area contributed by atoms with Crippen LogP contribution in [-0.4, -0.2) is 19.1 Å². The van der Waals surface area contributed by atoms with Crippen molar-refractivity contribution < 1.29 is 0 Å². The van der Waals surface area contributed by atoms with Crippen LogP contribution in [-0.2, 0) is 0 Å². The Bertz CT molecular complexity index is 5090. The molecule has 0 fully saturated rings. The number of hydrogen-bond acceptors (Lipinski definition) is 3. The topological polar surface area (TPSA) is 35.6 Å². The minimum atomic E-state index is 0.654. The molecule has 0 aliphatic heterocycles. The van der Waals surface area contributed by atoms with Gasteiger partial charge in [-0.2, -0.15) is 0 Å². The second-order valence-electron chi connectivity index (χ2n) is 20.4. The van der Waals surface area contributed by atoms with Gasteiger partial charge < -0.3 is 9.13 Å². The summed E-state index contributed by atoms with van der Waals surface area (Å²) < 4.78 is 7.46. The quantitative estimate of drug-likeness (QED) is 0.161. The molecule has 0 aliphatic rings. The van der Waals surface area contributed by atoms with Crippen LogP contribution in [0.2, 0.25) is 0 Å². The van der Waals surface area contributed by atoms with Gasteiger partial charge >= 0.3 is 0 Å². The van der Waals surface area contributed by atoms with Crippen molar-refractivity contribution >= 4 is 129 Å². The average molecular weight is 995 g/mol. The Morgan fingerprint density at radius 1 is 0.260 bits per heavy atom. The lowest BCUT2D eigenvalue weighted by Crippen LogP contribution is -2.02. The van der Waals surface area contributed by atoms with E-state index in [9.17, 15) is 0 Å². The summed E-state index contributed by atoms with van der Waals surface area (Å²) in [4.78, 5) is 11.1. The molecule has 4 heterocycles. The molecule has 356 valence electrons. The smallest absolute Gasteiger partial charge is 0.160 e. The molecule has 0 amide bonds. The molecule has 0 radical (unpaired) electrons. The summed E-state index contributed by atoms with van der Waals surface area (Å²) in [5.41, 5.74) is 11.3. The second kappa shape index (κ2) is 16.3. The van der Waals surface area contributed by atoms with E-state index < -0.39 is 0 Å². The SMILES string of the molecule is c1ccc(-c2cc(-c3ccc4c(c3)c3ccccc3c3c4ccc4sc5c6ccccc6c6ccccc6c5c43)nc(-c3cc(-n4c5ccccc5c5ccccc54)cc(-n4c5ccccc5c5ccccc54)c3)n2)cc1. The third-order valence-electron chi connectivity index (χ3n) is 16.2. The highest BCUT2D eigenvalue weighted by molar-refractivity contribution is 7.27. The molecule has 0 spiro atoms. The fourth-order valence-electron chi connectivity index (χ4n) is 13.0. The first-order valence-electron chi connectivity index (χ1n) is 26.3. The number of thiophene rings is 1. The molecule has 0 unspecified atom stereocenters. The lowest BCUT2D eigenvalue weighted by molar-refractivity contribution is 1.12. The van der Waals surface area contributed by atoms with Gasteiger partial charge in [-0.25, -0.2) is 9.97 Å². The average Bonchev–Trinajstić information content (AvgIpc) is 4.24. The molecule has 5 heteroatoms. The van der Waals surface area contributed by atoms with Crippen LogP contribution in [0, 0.1) is 0 Å². The normalized spacial score (nSPS) is 12.2. The fraction of sp³-hybridized carbons (Fsp3) is 0. The Balaban J connectivity index is 0.927. The maximum Gasteiger partial charge on any atom is 0.160 e. The highest BCUT2D eigenvalue weighted by Gasteiger charge is 2.22. The molecule has 0 aliphatic carbocycles. The molecular weight excluding hydrogens is 953 g/mol. The molecule has 17 rings (SSSR count).